The summed E-state index contributed by atoms with van der Waals surface area (Å²) in [5.74, 6) is 0.176. The first-order valence-corrected chi connectivity index (χ1v) is 7.35. The van der Waals surface area contributed by atoms with Crippen molar-refractivity contribution in [1.29, 1.82) is 0 Å². The number of carbonyl (C=O) groups excluding carboxylic acids is 1. The van der Waals surface area contributed by atoms with Crippen molar-refractivity contribution < 1.29 is 9.53 Å². The third-order valence-corrected chi connectivity index (χ3v) is 4.44. The third kappa shape index (κ3) is 3.64. The number of hydrogen-bond acceptors (Lipinski definition) is 4. The summed E-state index contributed by atoms with van der Waals surface area (Å²) in [4.78, 5) is 15.3. The first-order chi connectivity index (χ1) is 9.08. The summed E-state index contributed by atoms with van der Waals surface area (Å²) in [6.07, 6.45) is 0. The summed E-state index contributed by atoms with van der Waals surface area (Å²) in [6, 6.07) is 5.81. The van der Waals surface area contributed by atoms with Crippen LogP contribution in [-0.4, -0.2) is 42.4 Å². The van der Waals surface area contributed by atoms with Gasteiger partial charge in [0.25, 0.3) is 0 Å². The average Bonchev–Trinajstić information content (AvgIpc) is 2.43. The molecule has 4 nitrogen and oxygen atoms in total. The molecule has 1 saturated heterocycles. The monoisotopic (exact) mass is 280 g/mol. The Labute approximate surface area is 118 Å². The van der Waals surface area contributed by atoms with E-state index in [0.29, 0.717) is 26.3 Å². The zero-order valence-corrected chi connectivity index (χ0v) is 12.2. The molecule has 1 aliphatic rings. The van der Waals surface area contributed by atoms with Gasteiger partial charge in [-0.15, -0.1) is 11.8 Å². The highest BCUT2D eigenvalue weighted by atomic mass is 32.2. The Morgan fingerprint density at radius 3 is 2.79 bits per heavy atom. The number of anilines is 1. The van der Waals surface area contributed by atoms with E-state index in [4.69, 9.17) is 10.5 Å². The SMILES string of the molecule is Cc1ccc(N)cc1SC(C)C(=O)N1CCOCC1. The number of hydrogen-bond donors (Lipinski definition) is 1. The van der Waals surface area contributed by atoms with Crippen molar-refractivity contribution in [2.75, 3.05) is 32.0 Å². The van der Waals surface area contributed by atoms with Crippen LogP contribution in [0.4, 0.5) is 5.69 Å². The fraction of sp³-hybridized carbons (Fsp3) is 0.500. The molecule has 19 heavy (non-hydrogen) atoms. The first-order valence-electron chi connectivity index (χ1n) is 6.47. The van der Waals surface area contributed by atoms with Gasteiger partial charge >= 0.3 is 0 Å². The minimum Gasteiger partial charge on any atom is -0.399 e. The molecule has 1 atom stereocenters. The van der Waals surface area contributed by atoms with Crippen LogP contribution in [0.3, 0.4) is 0 Å². The molecular formula is C14H20N2O2S. The zero-order valence-electron chi connectivity index (χ0n) is 11.4. The topological polar surface area (TPSA) is 55.6 Å². The van der Waals surface area contributed by atoms with Crippen molar-refractivity contribution in [3.63, 3.8) is 0 Å². The number of nitrogens with two attached hydrogens (primary N) is 1. The van der Waals surface area contributed by atoms with Crippen molar-refractivity contribution in [3.05, 3.63) is 23.8 Å². The lowest BCUT2D eigenvalue weighted by molar-refractivity contribution is -0.134. The van der Waals surface area contributed by atoms with Gasteiger partial charge in [0.15, 0.2) is 0 Å². The summed E-state index contributed by atoms with van der Waals surface area (Å²) < 4.78 is 5.27. The van der Waals surface area contributed by atoms with Crippen LogP contribution < -0.4 is 5.73 Å². The maximum Gasteiger partial charge on any atom is 0.235 e. The summed E-state index contributed by atoms with van der Waals surface area (Å²) >= 11 is 1.57. The summed E-state index contributed by atoms with van der Waals surface area (Å²) in [5, 5.41) is -0.0985. The van der Waals surface area contributed by atoms with E-state index in [2.05, 4.69) is 0 Å². The number of ether oxygens (including phenoxy) is 1. The summed E-state index contributed by atoms with van der Waals surface area (Å²) in [6.45, 7) is 6.65. The highest BCUT2D eigenvalue weighted by molar-refractivity contribution is 8.00. The Hall–Kier alpha value is -1.20. The van der Waals surface area contributed by atoms with Crippen molar-refractivity contribution >= 4 is 23.4 Å². The van der Waals surface area contributed by atoms with Crippen LogP contribution in [0.1, 0.15) is 12.5 Å². The lowest BCUT2D eigenvalue weighted by Crippen LogP contribution is -2.44. The molecular weight excluding hydrogens is 260 g/mol. The molecule has 0 spiro atoms. The van der Waals surface area contributed by atoms with Gasteiger partial charge in [-0.3, -0.25) is 4.79 Å². The second-order valence-corrected chi connectivity index (χ2v) is 6.11. The second kappa shape index (κ2) is 6.30. The number of aryl methyl sites for hydroxylation is 1. The Balaban J connectivity index is 2.01. The van der Waals surface area contributed by atoms with Gasteiger partial charge in [0, 0.05) is 23.7 Å². The number of rotatable bonds is 3. The minimum atomic E-state index is -0.0985. The molecule has 0 saturated carbocycles. The summed E-state index contributed by atoms with van der Waals surface area (Å²) in [7, 11) is 0. The smallest absolute Gasteiger partial charge is 0.235 e. The van der Waals surface area contributed by atoms with E-state index in [1.807, 2.05) is 36.9 Å². The molecule has 1 heterocycles. The van der Waals surface area contributed by atoms with Crippen LogP contribution in [0.15, 0.2) is 23.1 Å². The molecule has 1 amide bonds. The molecule has 1 aromatic rings. The number of amides is 1. The molecule has 2 rings (SSSR count). The molecule has 0 bridgehead atoms. The Bertz CT molecular complexity index is 459. The Kier molecular flexibility index (Phi) is 4.71. The van der Waals surface area contributed by atoms with Gasteiger partial charge in [-0.2, -0.15) is 0 Å². The van der Waals surface area contributed by atoms with Gasteiger partial charge in [0.05, 0.1) is 18.5 Å². The maximum atomic E-state index is 12.3. The van der Waals surface area contributed by atoms with Gasteiger partial charge in [-0.25, -0.2) is 0 Å². The number of thioether (sulfide) groups is 1. The van der Waals surface area contributed by atoms with Gasteiger partial charge in [-0.1, -0.05) is 6.07 Å². The number of carbonyl (C=O) groups is 1. The van der Waals surface area contributed by atoms with Crippen LogP contribution in [0.2, 0.25) is 0 Å². The van der Waals surface area contributed by atoms with E-state index in [1.165, 1.54) is 0 Å². The molecule has 1 aliphatic heterocycles. The van der Waals surface area contributed by atoms with Gasteiger partial charge < -0.3 is 15.4 Å². The number of morpholine rings is 1. The quantitative estimate of drug-likeness (QED) is 0.679. The largest absolute Gasteiger partial charge is 0.399 e. The van der Waals surface area contributed by atoms with Crippen LogP contribution >= 0.6 is 11.8 Å². The van der Waals surface area contributed by atoms with E-state index in [-0.39, 0.29) is 11.2 Å². The molecule has 0 aliphatic carbocycles. The molecule has 5 heteroatoms. The van der Waals surface area contributed by atoms with Crippen molar-refractivity contribution in [1.82, 2.24) is 4.90 Å². The number of nitrogen functional groups attached to an aromatic ring is 1. The van der Waals surface area contributed by atoms with Gasteiger partial charge in [0.1, 0.15) is 0 Å². The van der Waals surface area contributed by atoms with Gasteiger partial charge in [-0.05, 0) is 31.5 Å². The zero-order chi connectivity index (χ0) is 13.8. The summed E-state index contributed by atoms with van der Waals surface area (Å²) in [5.41, 5.74) is 7.69. The fourth-order valence-corrected chi connectivity index (χ4v) is 3.11. The predicted octanol–water partition coefficient (Wildman–Crippen LogP) is 1.92. The van der Waals surface area contributed by atoms with E-state index >= 15 is 0 Å². The molecule has 0 aromatic heterocycles. The molecule has 2 N–H and O–H groups in total. The van der Waals surface area contributed by atoms with E-state index in [1.54, 1.807) is 11.8 Å². The van der Waals surface area contributed by atoms with Crippen LogP contribution in [-0.2, 0) is 9.53 Å². The minimum absolute atomic E-state index is 0.0985. The fourth-order valence-electron chi connectivity index (χ4n) is 2.03. The highest BCUT2D eigenvalue weighted by Crippen LogP contribution is 2.29. The van der Waals surface area contributed by atoms with Crippen LogP contribution in [0.5, 0.6) is 0 Å². The lowest BCUT2D eigenvalue weighted by atomic mass is 10.2. The second-order valence-electron chi connectivity index (χ2n) is 4.72. The number of benzene rings is 1. The molecule has 104 valence electrons. The van der Waals surface area contributed by atoms with Crippen molar-refractivity contribution in [2.45, 2.75) is 24.0 Å². The molecule has 1 unspecified atom stereocenters. The van der Waals surface area contributed by atoms with E-state index in [0.717, 1.165) is 16.1 Å². The Morgan fingerprint density at radius 1 is 1.42 bits per heavy atom. The van der Waals surface area contributed by atoms with Gasteiger partial charge in [0.2, 0.25) is 5.91 Å². The van der Waals surface area contributed by atoms with Crippen LogP contribution in [0, 0.1) is 6.92 Å². The standard InChI is InChI=1S/C14H20N2O2S/c1-10-3-4-12(15)9-13(10)19-11(2)14(17)16-5-7-18-8-6-16/h3-4,9,11H,5-8,15H2,1-2H3. The normalized spacial score (nSPS) is 17.3. The maximum absolute atomic E-state index is 12.3. The first kappa shape index (κ1) is 14.2. The molecule has 1 aromatic carbocycles. The average molecular weight is 280 g/mol. The van der Waals surface area contributed by atoms with Crippen LogP contribution in [0.25, 0.3) is 0 Å². The van der Waals surface area contributed by atoms with E-state index < -0.39 is 0 Å². The van der Waals surface area contributed by atoms with Crippen molar-refractivity contribution in [2.24, 2.45) is 0 Å². The molecule has 1 fully saturated rings. The molecule has 0 radical (unpaired) electrons. The number of nitrogens with zero attached hydrogens (tertiary/aromatic N) is 1. The third-order valence-electron chi connectivity index (χ3n) is 3.19. The van der Waals surface area contributed by atoms with E-state index in [9.17, 15) is 4.79 Å². The lowest BCUT2D eigenvalue weighted by Gasteiger charge is -2.29. The Morgan fingerprint density at radius 2 is 2.11 bits per heavy atom. The van der Waals surface area contributed by atoms with Crippen molar-refractivity contribution in [3.8, 4) is 0 Å². The highest BCUT2D eigenvalue weighted by Gasteiger charge is 2.23. The predicted molar refractivity (Wildman–Crippen MR) is 78.3 cm³/mol.